The summed E-state index contributed by atoms with van der Waals surface area (Å²) in [5, 5.41) is 3.04. The smallest absolute Gasteiger partial charge is 0.213 e. The molecular weight excluding hydrogens is 359 g/mol. The molecule has 0 amide bonds. The second kappa shape index (κ2) is 9.79. The van der Waals surface area contributed by atoms with Crippen LogP contribution < -0.4 is 15.8 Å². The number of ether oxygens (including phenoxy) is 2. The van der Waals surface area contributed by atoms with Gasteiger partial charge < -0.3 is 20.5 Å². The van der Waals surface area contributed by atoms with E-state index in [1.54, 1.807) is 20.4 Å². The van der Waals surface area contributed by atoms with E-state index >= 15 is 0 Å². The van der Waals surface area contributed by atoms with E-state index in [2.05, 4.69) is 15.3 Å². The quantitative estimate of drug-likeness (QED) is 0.440. The van der Waals surface area contributed by atoms with Crippen LogP contribution in [-0.4, -0.2) is 37.8 Å². The number of nitrogens with zero attached hydrogens (tertiary/aromatic N) is 2. The van der Waals surface area contributed by atoms with Crippen LogP contribution in [0.2, 0.25) is 0 Å². The lowest BCUT2D eigenvalue weighted by Gasteiger charge is -2.13. The molecule has 0 radical (unpaired) electrons. The monoisotopic (exact) mass is 380 g/mol. The van der Waals surface area contributed by atoms with Crippen LogP contribution in [0.5, 0.6) is 5.88 Å². The average Bonchev–Trinajstić information content (AvgIpc) is 2.37. The number of guanidine groups is 1. The number of halogens is 1. The lowest BCUT2D eigenvalue weighted by atomic mass is 10.3. The zero-order valence-electron chi connectivity index (χ0n) is 11.4. The summed E-state index contributed by atoms with van der Waals surface area (Å²) < 4.78 is 10.0. The molecule has 6 nitrogen and oxygen atoms in total. The van der Waals surface area contributed by atoms with Crippen LogP contribution in [0.15, 0.2) is 23.3 Å². The van der Waals surface area contributed by atoms with Gasteiger partial charge in [0.15, 0.2) is 5.96 Å². The Labute approximate surface area is 130 Å². The lowest BCUT2D eigenvalue weighted by molar-refractivity contribution is 0.179. The number of methoxy groups -OCH3 is 2. The molecule has 0 aliphatic rings. The number of nitrogens with two attached hydrogens (primary N) is 1. The molecule has 0 aliphatic carbocycles. The average molecular weight is 380 g/mol. The predicted octanol–water partition coefficient (Wildman–Crippen LogP) is 1.15. The first-order valence-corrected chi connectivity index (χ1v) is 5.70. The highest BCUT2D eigenvalue weighted by molar-refractivity contribution is 14.0. The van der Waals surface area contributed by atoms with Gasteiger partial charge in [-0.2, -0.15) is 0 Å². The molecule has 1 aromatic heterocycles. The molecule has 1 atom stereocenters. The number of hydrogen-bond donors (Lipinski definition) is 2. The first-order valence-electron chi connectivity index (χ1n) is 5.70. The molecule has 0 bridgehead atoms. The zero-order chi connectivity index (χ0) is 13.4. The highest BCUT2D eigenvalue weighted by Crippen LogP contribution is 2.09. The molecule has 0 saturated heterocycles. The topological polar surface area (TPSA) is 81.8 Å². The van der Waals surface area contributed by atoms with Crippen molar-refractivity contribution in [2.45, 2.75) is 19.5 Å². The molecule has 0 spiro atoms. The molecular formula is C12H21IN4O2. The Morgan fingerprint density at radius 1 is 1.53 bits per heavy atom. The van der Waals surface area contributed by atoms with E-state index in [1.165, 1.54) is 0 Å². The first-order chi connectivity index (χ1) is 8.65. The summed E-state index contributed by atoms with van der Waals surface area (Å²) in [4.78, 5) is 8.26. The van der Waals surface area contributed by atoms with Crippen molar-refractivity contribution in [1.82, 2.24) is 10.3 Å². The van der Waals surface area contributed by atoms with Crippen LogP contribution in [0.1, 0.15) is 12.5 Å². The van der Waals surface area contributed by atoms with E-state index in [0.717, 1.165) is 5.56 Å². The van der Waals surface area contributed by atoms with Crippen molar-refractivity contribution >= 4 is 29.9 Å². The lowest BCUT2D eigenvalue weighted by Crippen LogP contribution is -2.40. The Kier molecular flexibility index (Phi) is 9.23. The number of pyridine rings is 1. The number of aliphatic imine (C=N–C) groups is 1. The Morgan fingerprint density at radius 3 is 2.89 bits per heavy atom. The minimum absolute atomic E-state index is 0. The summed E-state index contributed by atoms with van der Waals surface area (Å²) in [6.07, 6.45) is 1.68. The van der Waals surface area contributed by atoms with Crippen molar-refractivity contribution < 1.29 is 9.47 Å². The number of nitrogens with one attached hydrogen (secondary N) is 1. The van der Waals surface area contributed by atoms with Gasteiger partial charge in [-0.25, -0.2) is 9.98 Å². The maximum Gasteiger partial charge on any atom is 0.213 e. The first kappa shape index (κ1) is 17.9. The van der Waals surface area contributed by atoms with Gasteiger partial charge in [-0.05, 0) is 18.6 Å². The van der Waals surface area contributed by atoms with E-state index in [1.807, 2.05) is 19.1 Å². The van der Waals surface area contributed by atoms with Crippen LogP contribution in [-0.2, 0) is 11.3 Å². The summed E-state index contributed by atoms with van der Waals surface area (Å²) in [6, 6.07) is 3.83. The van der Waals surface area contributed by atoms with E-state index in [4.69, 9.17) is 15.2 Å². The van der Waals surface area contributed by atoms with Crippen LogP contribution in [0.25, 0.3) is 0 Å². The number of aromatic nitrogens is 1. The predicted molar refractivity (Wildman–Crippen MR) is 86.0 cm³/mol. The maximum atomic E-state index is 5.76. The van der Waals surface area contributed by atoms with E-state index in [-0.39, 0.29) is 30.0 Å². The van der Waals surface area contributed by atoms with E-state index < -0.39 is 0 Å². The molecule has 0 aromatic carbocycles. The molecule has 1 rings (SSSR count). The minimum atomic E-state index is 0. The molecule has 19 heavy (non-hydrogen) atoms. The number of hydrogen-bond acceptors (Lipinski definition) is 4. The Bertz CT molecular complexity index is 401. The third kappa shape index (κ3) is 7.16. The van der Waals surface area contributed by atoms with Crippen LogP contribution in [0.3, 0.4) is 0 Å². The molecule has 7 heteroatoms. The standard InChI is InChI=1S/C12H20N4O2.HI/c1-9(8-17-2)16-12(13)15-7-10-4-5-14-11(6-10)18-3;/h4-6,9H,7-8H2,1-3H3,(H3,13,15,16);1H. The van der Waals surface area contributed by atoms with Gasteiger partial charge in [-0.15, -0.1) is 24.0 Å². The summed E-state index contributed by atoms with van der Waals surface area (Å²) in [6.45, 7) is 3.04. The highest BCUT2D eigenvalue weighted by Gasteiger charge is 2.01. The molecule has 108 valence electrons. The normalized spacial score (nSPS) is 12.5. The SMILES string of the molecule is COCC(C)NC(N)=NCc1ccnc(OC)c1.I. The van der Waals surface area contributed by atoms with Gasteiger partial charge in [0.05, 0.1) is 20.3 Å². The molecule has 3 N–H and O–H groups in total. The Balaban J connectivity index is 0.00000324. The third-order valence-electron chi connectivity index (χ3n) is 2.25. The summed E-state index contributed by atoms with van der Waals surface area (Å²) in [5.41, 5.74) is 6.75. The van der Waals surface area contributed by atoms with Gasteiger partial charge >= 0.3 is 0 Å². The van der Waals surface area contributed by atoms with E-state index in [0.29, 0.717) is 25.0 Å². The van der Waals surface area contributed by atoms with Gasteiger partial charge in [0, 0.05) is 25.4 Å². The van der Waals surface area contributed by atoms with E-state index in [9.17, 15) is 0 Å². The minimum Gasteiger partial charge on any atom is -0.481 e. The zero-order valence-corrected chi connectivity index (χ0v) is 13.8. The van der Waals surface area contributed by atoms with Gasteiger partial charge in [0.1, 0.15) is 0 Å². The van der Waals surface area contributed by atoms with Crippen molar-refractivity contribution in [3.63, 3.8) is 0 Å². The van der Waals surface area contributed by atoms with Crippen LogP contribution >= 0.6 is 24.0 Å². The Hall–Kier alpha value is -1.09. The fraction of sp³-hybridized carbons (Fsp3) is 0.500. The van der Waals surface area contributed by atoms with Crippen LogP contribution in [0, 0.1) is 0 Å². The summed E-state index contributed by atoms with van der Waals surface area (Å²) >= 11 is 0. The maximum absolute atomic E-state index is 5.76. The summed E-state index contributed by atoms with van der Waals surface area (Å²) in [7, 11) is 3.23. The van der Waals surface area contributed by atoms with Gasteiger partial charge in [0.2, 0.25) is 5.88 Å². The van der Waals surface area contributed by atoms with Gasteiger partial charge in [-0.1, -0.05) is 0 Å². The molecule has 1 unspecified atom stereocenters. The highest BCUT2D eigenvalue weighted by atomic mass is 127. The van der Waals surface area contributed by atoms with Crippen molar-refractivity contribution in [1.29, 1.82) is 0 Å². The molecule has 1 aromatic rings. The Morgan fingerprint density at radius 2 is 2.26 bits per heavy atom. The second-order valence-electron chi connectivity index (χ2n) is 3.91. The second-order valence-corrected chi connectivity index (χ2v) is 3.91. The van der Waals surface area contributed by atoms with Gasteiger partial charge in [-0.3, -0.25) is 0 Å². The van der Waals surface area contributed by atoms with Crippen molar-refractivity contribution in [2.24, 2.45) is 10.7 Å². The molecule has 0 aliphatic heterocycles. The van der Waals surface area contributed by atoms with Crippen molar-refractivity contribution in [3.8, 4) is 5.88 Å². The fourth-order valence-corrected chi connectivity index (χ4v) is 1.43. The molecule has 0 saturated carbocycles. The van der Waals surface area contributed by atoms with Crippen molar-refractivity contribution in [2.75, 3.05) is 20.8 Å². The third-order valence-corrected chi connectivity index (χ3v) is 2.25. The molecule has 0 fully saturated rings. The number of rotatable bonds is 6. The van der Waals surface area contributed by atoms with Crippen molar-refractivity contribution in [3.05, 3.63) is 23.9 Å². The van der Waals surface area contributed by atoms with Crippen LogP contribution in [0.4, 0.5) is 0 Å². The largest absolute Gasteiger partial charge is 0.481 e. The summed E-state index contributed by atoms with van der Waals surface area (Å²) in [5.74, 6) is 0.970. The van der Waals surface area contributed by atoms with Gasteiger partial charge in [0.25, 0.3) is 0 Å². The molecule has 1 heterocycles. The fourth-order valence-electron chi connectivity index (χ4n) is 1.43.